The third kappa shape index (κ3) is 3.96. The van der Waals surface area contributed by atoms with E-state index >= 15 is 0 Å². The summed E-state index contributed by atoms with van der Waals surface area (Å²) in [6.45, 7) is 0. The van der Waals surface area contributed by atoms with Crippen LogP contribution in [0.1, 0.15) is 20.9 Å². The molecule has 1 aromatic heterocycles. The molecule has 0 unspecified atom stereocenters. The normalized spacial score (nSPS) is 10.5. The number of amides is 2. The number of hydrogen-bond donors (Lipinski definition) is 2. The Labute approximate surface area is 167 Å². The van der Waals surface area contributed by atoms with Crippen LogP contribution in [0.15, 0.2) is 83.5 Å². The van der Waals surface area contributed by atoms with Crippen LogP contribution in [0, 0.1) is 0 Å². The Morgan fingerprint density at radius 1 is 0.828 bits per heavy atom. The minimum Gasteiger partial charge on any atom is -0.495 e. The molecule has 144 valence electrons. The Hall–Kier alpha value is -4.06. The van der Waals surface area contributed by atoms with Crippen molar-refractivity contribution < 1.29 is 18.7 Å². The summed E-state index contributed by atoms with van der Waals surface area (Å²) >= 11 is 0. The van der Waals surface area contributed by atoms with Crippen molar-refractivity contribution in [1.82, 2.24) is 0 Å². The molecule has 0 atom stereocenters. The van der Waals surface area contributed by atoms with E-state index in [1.807, 2.05) is 36.4 Å². The lowest BCUT2D eigenvalue weighted by Gasteiger charge is -2.13. The van der Waals surface area contributed by atoms with E-state index < -0.39 is 0 Å². The van der Waals surface area contributed by atoms with E-state index in [0.717, 1.165) is 10.8 Å². The average molecular weight is 386 g/mol. The molecule has 6 nitrogen and oxygen atoms in total. The molecule has 0 aliphatic heterocycles. The minimum absolute atomic E-state index is 0.197. The monoisotopic (exact) mass is 386 g/mol. The van der Waals surface area contributed by atoms with Gasteiger partial charge in [0, 0.05) is 11.3 Å². The molecule has 29 heavy (non-hydrogen) atoms. The highest BCUT2D eigenvalue weighted by Gasteiger charge is 2.14. The van der Waals surface area contributed by atoms with Crippen LogP contribution in [0.5, 0.6) is 5.75 Å². The third-order valence-corrected chi connectivity index (χ3v) is 4.46. The van der Waals surface area contributed by atoms with Crippen molar-refractivity contribution in [2.45, 2.75) is 0 Å². The van der Waals surface area contributed by atoms with Crippen molar-refractivity contribution in [2.24, 2.45) is 0 Å². The highest BCUT2D eigenvalue weighted by molar-refractivity contribution is 6.08. The minimum atomic E-state index is -0.382. The third-order valence-electron chi connectivity index (χ3n) is 4.46. The molecule has 0 aliphatic rings. The Balaban J connectivity index is 1.57. The molecule has 4 rings (SSSR count). The van der Waals surface area contributed by atoms with Gasteiger partial charge in [-0.3, -0.25) is 9.59 Å². The predicted octanol–water partition coefficient (Wildman–Crippen LogP) is 4.95. The Kier molecular flexibility index (Phi) is 4.99. The standard InChI is InChI=1S/C23H18N2O4/c1-28-20-11-10-18(24-23(27)21-7-4-12-29-21)14-19(20)25-22(26)17-9-8-15-5-2-3-6-16(15)13-17/h2-14H,1H3,(H,24,27)(H,25,26). The Bertz CT molecular complexity index is 1180. The number of nitrogens with one attached hydrogen (secondary N) is 2. The summed E-state index contributed by atoms with van der Waals surface area (Å²) < 4.78 is 10.4. The molecule has 2 N–H and O–H groups in total. The van der Waals surface area contributed by atoms with Crippen LogP contribution in [-0.2, 0) is 0 Å². The van der Waals surface area contributed by atoms with Crippen molar-refractivity contribution in [2.75, 3.05) is 17.7 Å². The first-order valence-electron chi connectivity index (χ1n) is 8.97. The zero-order valence-electron chi connectivity index (χ0n) is 15.6. The summed E-state index contributed by atoms with van der Waals surface area (Å²) in [5.74, 6) is 0.0215. The molecule has 0 spiro atoms. The smallest absolute Gasteiger partial charge is 0.291 e. The number of benzene rings is 3. The molecular formula is C23H18N2O4. The molecule has 2 amide bonds. The number of carbonyl (C=O) groups is 2. The second-order valence-corrected chi connectivity index (χ2v) is 6.36. The maximum atomic E-state index is 12.8. The zero-order valence-corrected chi connectivity index (χ0v) is 15.6. The van der Waals surface area contributed by atoms with Crippen molar-refractivity contribution in [3.8, 4) is 5.75 Å². The number of fused-ring (bicyclic) bond motifs is 1. The summed E-state index contributed by atoms with van der Waals surface area (Å²) in [6.07, 6.45) is 1.43. The van der Waals surface area contributed by atoms with E-state index in [1.54, 1.807) is 36.4 Å². The van der Waals surface area contributed by atoms with Gasteiger partial charge in [0.1, 0.15) is 5.75 Å². The van der Waals surface area contributed by atoms with E-state index in [2.05, 4.69) is 10.6 Å². The van der Waals surface area contributed by atoms with E-state index in [-0.39, 0.29) is 17.6 Å². The Morgan fingerprint density at radius 2 is 1.66 bits per heavy atom. The molecule has 4 aromatic rings. The molecule has 3 aromatic carbocycles. The average Bonchev–Trinajstić information content (AvgIpc) is 3.29. The van der Waals surface area contributed by atoms with Crippen LogP contribution in [0.2, 0.25) is 0 Å². The molecule has 0 aliphatic carbocycles. The van der Waals surface area contributed by atoms with Crippen LogP contribution >= 0.6 is 0 Å². The van der Waals surface area contributed by atoms with Crippen LogP contribution < -0.4 is 15.4 Å². The molecule has 1 heterocycles. The van der Waals surface area contributed by atoms with Crippen LogP contribution in [0.25, 0.3) is 10.8 Å². The molecule has 0 bridgehead atoms. The number of anilines is 2. The van der Waals surface area contributed by atoms with Crippen LogP contribution in [0.4, 0.5) is 11.4 Å². The van der Waals surface area contributed by atoms with Crippen LogP contribution in [-0.4, -0.2) is 18.9 Å². The van der Waals surface area contributed by atoms with Gasteiger partial charge in [-0.25, -0.2) is 0 Å². The number of hydrogen-bond acceptors (Lipinski definition) is 4. The Morgan fingerprint density at radius 3 is 2.41 bits per heavy atom. The van der Waals surface area contributed by atoms with Crippen molar-refractivity contribution in [3.63, 3.8) is 0 Å². The highest BCUT2D eigenvalue weighted by atomic mass is 16.5. The van der Waals surface area contributed by atoms with E-state index in [1.165, 1.54) is 13.4 Å². The quantitative estimate of drug-likeness (QED) is 0.509. The maximum absolute atomic E-state index is 12.8. The number of ether oxygens (including phenoxy) is 1. The topological polar surface area (TPSA) is 80.6 Å². The fourth-order valence-corrected chi connectivity index (χ4v) is 3.01. The SMILES string of the molecule is COc1ccc(NC(=O)c2ccco2)cc1NC(=O)c1ccc2ccccc2c1. The second-order valence-electron chi connectivity index (χ2n) is 6.36. The van der Waals surface area contributed by atoms with Gasteiger partial charge in [-0.1, -0.05) is 30.3 Å². The molecule has 0 radical (unpaired) electrons. The largest absolute Gasteiger partial charge is 0.495 e. The first-order valence-corrected chi connectivity index (χ1v) is 8.97. The number of rotatable bonds is 5. The molecule has 6 heteroatoms. The first kappa shape index (κ1) is 18.3. The lowest BCUT2D eigenvalue weighted by molar-refractivity contribution is 0.0995. The maximum Gasteiger partial charge on any atom is 0.291 e. The fraction of sp³-hybridized carbons (Fsp3) is 0.0435. The summed E-state index contributed by atoms with van der Waals surface area (Å²) in [4.78, 5) is 25.0. The predicted molar refractivity (Wildman–Crippen MR) is 112 cm³/mol. The highest BCUT2D eigenvalue weighted by Crippen LogP contribution is 2.29. The molecular weight excluding hydrogens is 368 g/mol. The van der Waals surface area contributed by atoms with Gasteiger partial charge < -0.3 is 19.8 Å². The molecule has 0 fully saturated rings. The molecule has 0 saturated heterocycles. The van der Waals surface area contributed by atoms with Crippen LogP contribution in [0.3, 0.4) is 0 Å². The van der Waals surface area contributed by atoms with Gasteiger partial charge in [0.2, 0.25) is 0 Å². The lowest BCUT2D eigenvalue weighted by Crippen LogP contribution is -2.14. The fourth-order valence-electron chi connectivity index (χ4n) is 3.01. The summed E-state index contributed by atoms with van der Waals surface area (Å²) in [5.41, 5.74) is 1.47. The lowest BCUT2D eigenvalue weighted by atomic mass is 10.1. The zero-order chi connectivity index (χ0) is 20.2. The number of carbonyl (C=O) groups excluding carboxylic acids is 2. The van der Waals surface area contributed by atoms with Gasteiger partial charge in [-0.15, -0.1) is 0 Å². The van der Waals surface area contributed by atoms with E-state index in [0.29, 0.717) is 22.7 Å². The van der Waals surface area contributed by atoms with Gasteiger partial charge >= 0.3 is 0 Å². The van der Waals surface area contributed by atoms with Crippen molar-refractivity contribution in [1.29, 1.82) is 0 Å². The summed E-state index contributed by atoms with van der Waals surface area (Å²) in [7, 11) is 1.52. The van der Waals surface area contributed by atoms with Gasteiger partial charge in [-0.05, 0) is 53.2 Å². The number of methoxy groups -OCH3 is 1. The van der Waals surface area contributed by atoms with Gasteiger partial charge in [0.05, 0.1) is 19.1 Å². The van der Waals surface area contributed by atoms with Crippen molar-refractivity contribution >= 4 is 34.0 Å². The van der Waals surface area contributed by atoms with E-state index in [9.17, 15) is 9.59 Å². The number of furan rings is 1. The van der Waals surface area contributed by atoms with Gasteiger partial charge in [-0.2, -0.15) is 0 Å². The second kappa shape index (κ2) is 7.90. The van der Waals surface area contributed by atoms with E-state index in [4.69, 9.17) is 9.15 Å². The first-order chi connectivity index (χ1) is 14.1. The van der Waals surface area contributed by atoms with Gasteiger partial charge in [0.15, 0.2) is 5.76 Å². The van der Waals surface area contributed by atoms with Crippen molar-refractivity contribution in [3.05, 3.63) is 90.4 Å². The molecule has 0 saturated carbocycles. The summed E-state index contributed by atoms with van der Waals surface area (Å²) in [6, 6.07) is 21.5. The van der Waals surface area contributed by atoms with Gasteiger partial charge in [0.25, 0.3) is 11.8 Å². The summed E-state index contributed by atoms with van der Waals surface area (Å²) in [5, 5.41) is 7.62.